The van der Waals surface area contributed by atoms with Gasteiger partial charge in [-0.2, -0.15) is 0 Å². The number of nitrogens with one attached hydrogen (secondary N) is 1. The van der Waals surface area contributed by atoms with Gasteiger partial charge in [-0.3, -0.25) is 9.59 Å². The van der Waals surface area contributed by atoms with E-state index in [-0.39, 0.29) is 24.8 Å². The van der Waals surface area contributed by atoms with E-state index in [1.807, 2.05) is 39.0 Å². The summed E-state index contributed by atoms with van der Waals surface area (Å²) in [4.78, 5) is 39.2. The van der Waals surface area contributed by atoms with Gasteiger partial charge in [-0.25, -0.2) is 15.0 Å². The molecule has 46 heavy (non-hydrogen) atoms. The summed E-state index contributed by atoms with van der Waals surface area (Å²) < 4.78 is 9.83. The third-order valence-electron chi connectivity index (χ3n) is 8.86. The van der Waals surface area contributed by atoms with E-state index in [9.17, 15) is 19.8 Å². The standard InChI is InChI=1S/C36H38N4O6/c1-8-22-19(2)26-15-27-20(3)23(9-11-34(42)45-6)29(37-27)17-30-24(10-12-35(43)46-7)21(4)28(38-30)16-32-25(13-14-41)36(5,44)33(40-32)18-31(22)39-26/h8,13-18,40-41,44H,1,9-12H2,2-7H3/b14-13+,26-15?,28-16?,29-17?,33-18?. The van der Waals surface area contributed by atoms with Gasteiger partial charge in [-0.1, -0.05) is 12.7 Å². The van der Waals surface area contributed by atoms with Gasteiger partial charge in [-0.05, 0) is 98.8 Å². The van der Waals surface area contributed by atoms with Crippen LogP contribution in [0.5, 0.6) is 0 Å². The van der Waals surface area contributed by atoms with E-state index in [2.05, 4.69) is 11.9 Å². The molecule has 0 aliphatic carbocycles. The second-order valence-corrected chi connectivity index (χ2v) is 11.6. The van der Waals surface area contributed by atoms with Crippen molar-refractivity contribution < 1.29 is 29.3 Å². The molecule has 10 heteroatoms. The Hall–Kier alpha value is -5.09. The zero-order valence-corrected chi connectivity index (χ0v) is 26.9. The number of aliphatic imine (C=N–C) groups is 3. The number of esters is 2. The van der Waals surface area contributed by atoms with Gasteiger partial charge in [0.25, 0.3) is 0 Å². The van der Waals surface area contributed by atoms with Gasteiger partial charge < -0.3 is 25.0 Å². The third-order valence-corrected chi connectivity index (χ3v) is 8.86. The molecule has 0 saturated carbocycles. The highest BCUT2D eigenvalue weighted by Gasteiger charge is 2.39. The van der Waals surface area contributed by atoms with Crippen LogP contribution in [0, 0.1) is 0 Å². The Labute approximate surface area is 268 Å². The first-order chi connectivity index (χ1) is 21.9. The molecule has 0 amide bonds. The second kappa shape index (κ2) is 12.7. The molecule has 0 aromatic rings. The number of methoxy groups -OCH3 is 2. The van der Waals surface area contributed by atoms with Crippen LogP contribution in [0.3, 0.4) is 0 Å². The summed E-state index contributed by atoms with van der Waals surface area (Å²) in [6.45, 7) is 11.5. The van der Waals surface area contributed by atoms with Crippen LogP contribution < -0.4 is 5.32 Å². The molecule has 8 bridgehead atoms. The van der Waals surface area contributed by atoms with Crippen molar-refractivity contribution in [3.05, 3.63) is 117 Å². The van der Waals surface area contributed by atoms with Crippen LogP contribution in [0.25, 0.3) is 0 Å². The zero-order valence-electron chi connectivity index (χ0n) is 26.9. The normalized spacial score (nSPS) is 22.4. The van der Waals surface area contributed by atoms with Crippen LogP contribution in [-0.2, 0) is 19.1 Å². The number of carbonyl (C=O) groups is 2. The molecule has 0 aromatic heterocycles. The molecule has 5 aliphatic rings. The molecule has 1 unspecified atom stereocenters. The van der Waals surface area contributed by atoms with Crippen molar-refractivity contribution in [1.29, 1.82) is 0 Å². The Morgan fingerprint density at radius 2 is 1.43 bits per heavy atom. The van der Waals surface area contributed by atoms with E-state index in [0.29, 0.717) is 64.0 Å². The predicted octanol–water partition coefficient (Wildman–Crippen LogP) is 5.62. The minimum atomic E-state index is -1.50. The molecule has 0 fully saturated rings. The molecule has 10 nitrogen and oxygen atoms in total. The van der Waals surface area contributed by atoms with Gasteiger partial charge >= 0.3 is 11.9 Å². The molecule has 238 valence electrons. The largest absolute Gasteiger partial charge is 0.516 e. The molecule has 0 saturated heterocycles. The average Bonchev–Trinajstić information content (AvgIpc) is 3.67. The van der Waals surface area contributed by atoms with Crippen LogP contribution in [-0.4, -0.2) is 59.1 Å². The van der Waals surface area contributed by atoms with Gasteiger partial charge in [0, 0.05) is 29.7 Å². The number of aliphatic hydroxyl groups is 2. The van der Waals surface area contributed by atoms with Crippen LogP contribution in [0.4, 0.5) is 0 Å². The van der Waals surface area contributed by atoms with Crippen molar-refractivity contribution in [3.63, 3.8) is 0 Å². The SMILES string of the molecule is C=CC1=C(C)C2=CC3=NC(=CC4=NC(=CC5=C(/C=C/O)C(C)(O)C(=CC1=N2)N5)C(C)=C4CCC(=O)OC)C(CCC(=O)OC)=C3C. The number of nitrogens with zero attached hydrogens (tertiary/aromatic N) is 3. The Morgan fingerprint density at radius 3 is 2.07 bits per heavy atom. The van der Waals surface area contributed by atoms with E-state index in [1.54, 1.807) is 19.1 Å². The summed E-state index contributed by atoms with van der Waals surface area (Å²) in [5.74, 6) is -0.667. The number of carbonyl (C=O) groups excluding carboxylic acids is 2. The fraction of sp³-hybridized carbons (Fsp3) is 0.306. The fourth-order valence-electron chi connectivity index (χ4n) is 6.07. The molecule has 3 N–H and O–H groups in total. The average molecular weight is 623 g/mol. The summed E-state index contributed by atoms with van der Waals surface area (Å²) in [7, 11) is 2.72. The van der Waals surface area contributed by atoms with Gasteiger partial charge in [0.1, 0.15) is 5.60 Å². The van der Waals surface area contributed by atoms with Gasteiger partial charge in [0.15, 0.2) is 0 Å². The molecule has 0 spiro atoms. The number of hydrogen-bond acceptors (Lipinski definition) is 10. The number of fused-ring (bicyclic) bond motifs is 5. The summed E-state index contributed by atoms with van der Waals surface area (Å²) in [5, 5.41) is 24.8. The van der Waals surface area contributed by atoms with E-state index in [4.69, 9.17) is 24.5 Å². The Bertz CT molecular complexity index is 1830. The lowest BCUT2D eigenvalue weighted by molar-refractivity contribution is -0.141. The zero-order chi connectivity index (χ0) is 33.3. The first-order valence-corrected chi connectivity index (χ1v) is 15.0. The lowest BCUT2D eigenvalue weighted by Gasteiger charge is -2.20. The molecule has 5 rings (SSSR count). The number of rotatable bonds is 8. The summed E-state index contributed by atoms with van der Waals surface area (Å²) >= 11 is 0. The predicted molar refractivity (Wildman–Crippen MR) is 178 cm³/mol. The molecular formula is C36H38N4O6. The van der Waals surface area contributed by atoms with E-state index >= 15 is 0 Å². The molecule has 0 aromatic carbocycles. The maximum absolute atomic E-state index is 12.2. The van der Waals surface area contributed by atoms with E-state index in [1.165, 1.54) is 20.3 Å². The minimum Gasteiger partial charge on any atom is -0.516 e. The van der Waals surface area contributed by atoms with Crippen LogP contribution in [0.1, 0.15) is 53.4 Å². The summed E-state index contributed by atoms with van der Waals surface area (Å²) in [6.07, 6.45) is 12.6. The van der Waals surface area contributed by atoms with Crippen molar-refractivity contribution in [2.75, 3.05) is 14.2 Å². The van der Waals surface area contributed by atoms with E-state index in [0.717, 1.165) is 39.7 Å². The first-order valence-electron chi connectivity index (χ1n) is 15.0. The fourth-order valence-corrected chi connectivity index (χ4v) is 6.07. The second-order valence-electron chi connectivity index (χ2n) is 11.6. The number of hydrogen-bond donors (Lipinski definition) is 3. The molecule has 5 aliphatic heterocycles. The summed E-state index contributed by atoms with van der Waals surface area (Å²) in [5.41, 5.74) is 9.03. The van der Waals surface area contributed by atoms with Crippen LogP contribution >= 0.6 is 0 Å². The van der Waals surface area contributed by atoms with Gasteiger partial charge in [-0.15, -0.1) is 0 Å². The van der Waals surface area contributed by atoms with E-state index < -0.39 is 5.60 Å². The highest BCUT2D eigenvalue weighted by Crippen LogP contribution is 2.40. The van der Waals surface area contributed by atoms with Crippen LogP contribution in [0.15, 0.2) is 132 Å². The lowest BCUT2D eigenvalue weighted by Crippen LogP contribution is -2.29. The number of allylic oxidation sites excluding steroid dienone is 11. The smallest absolute Gasteiger partial charge is 0.305 e. The maximum Gasteiger partial charge on any atom is 0.305 e. The number of ether oxygens (including phenoxy) is 2. The quantitative estimate of drug-likeness (QED) is 0.236. The maximum atomic E-state index is 12.2. The Kier molecular flexibility index (Phi) is 8.94. The van der Waals surface area contributed by atoms with Crippen molar-refractivity contribution in [3.8, 4) is 0 Å². The monoisotopic (exact) mass is 622 g/mol. The highest BCUT2D eigenvalue weighted by molar-refractivity contribution is 6.18. The molecule has 1 atom stereocenters. The summed E-state index contributed by atoms with van der Waals surface area (Å²) in [6, 6.07) is 0. The van der Waals surface area contributed by atoms with Crippen molar-refractivity contribution >= 4 is 29.1 Å². The van der Waals surface area contributed by atoms with Gasteiger partial charge in [0.05, 0.1) is 60.4 Å². The minimum absolute atomic E-state index is 0.154. The molecule has 0 radical (unpaired) electrons. The topological polar surface area (TPSA) is 142 Å². The molecular weight excluding hydrogens is 584 g/mol. The molecule has 5 heterocycles. The van der Waals surface area contributed by atoms with Crippen LogP contribution in [0.2, 0.25) is 0 Å². The third kappa shape index (κ3) is 5.83. The number of aliphatic hydroxyl groups excluding tert-OH is 1. The first kappa shape index (κ1) is 32.3. The Morgan fingerprint density at radius 1 is 0.848 bits per heavy atom. The van der Waals surface area contributed by atoms with Gasteiger partial charge in [0.2, 0.25) is 0 Å². The highest BCUT2D eigenvalue weighted by atomic mass is 16.5. The van der Waals surface area contributed by atoms with Crippen molar-refractivity contribution in [2.24, 2.45) is 15.0 Å². The van der Waals surface area contributed by atoms with Crippen molar-refractivity contribution in [1.82, 2.24) is 5.32 Å². The Balaban J connectivity index is 1.78. The lowest BCUT2D eigenvalue weighted by atomic mass is 9.92. The van der Waals surface area contributed by atoms with Crippen molar-refractivity contribution in [2.45, 2.75) is 59.0 Å².